The predicted molar refractivity (Wildman–Crippen MR) is 127 cm³/mol. The summed E-state index contributed by atoms with van der Waals surface area (Å²) in [5.41, 5.74) is -1.39. The fraction of sp³-hybridized carbons (Fsp3) is 0.520. The van der Waals surface area contributed by atoms with Gasteiger partial charge in [-0.25, -0.2) is 9.97 Å². The van der Waals surface area contributed by atoms with Crippen LogP contribution < -0.4 is 15.4 Å². The molecule has 0 bridgehead atoms. The number of alkyl halides is 3. The second kappa shape index (κ2) is 11.0. The Morgan fingerprint density at radius 1 is 1.19 bits per heavy atom. The van der Waals surface area contributed by atoms with Crippen LogP contribution >= 0.6 is 0 Å². The Hall–Kier alpha value is -3.25. The number of carbonyl (C=O) groups excluding carboxylic acids is 2. The van der Waals surface area contributed by atoms with Gasteiger partial charge in [0, 0.05) is 48.7 Å². The van der Waals surface area contributed by atoms with Crippen molar-refractivity contribution in [3.05, 3.63) is 53.3 Å². The first-order valence-corrected chi connectivity index (χ1v) is 12.2. The molecule has 2 aromatic rings. The molecule has 0 unspecified atom stereocenters. The number of benzene rings is 1. The Balaban J connectivity index is 1.21. The first-order chi connectivity index (χ1) is 17.6. The van der Waals surface area contributed by atoms with Crippen molar-refractivity contribution in [2.24, 2.45) is 0 Å². The van der Waals surface area contributed by atoms with Crippen molar-refractivity contribution in [2.45, 2.75) is 56.0 Å². The Labute approximate surface area is 212 Å². The quantitative estimate of drug-likeness (QED) is 0.512. The number of aliphatic hydroxyl groups is 1. The van der Waals surface area contributed by atoms with Gasteiger partial charge >= 0.3 is 12.2 Å². The maximum Gasteiger partial charge on any atom is 0.416 e. The lowest BCUT2D eigenvalue weighted by Crippen LogP contribution is -2.45. The van der Waals surface area contributed by atoms with Gasteiger partial charge in [0.2, 0.25) is 5.91 Å². The highest BCUT2D eigenvalue weighted by molar-refractivity contribution is 5.96. The molecule has 3 N–H and O–H groups in total. The molecule has 1 aliphatic carbocycles. The Morgan fingerprint density at radius 2 is 1.89 bits per heavy atom. The number of likely N-dealkylation sites (tertiary alicyclic amines) is 1. The van der Waals surface area contributed by atoms with E-state index in [9.17, 15) is 27.9 Å². The molecule has 1 saturated carbocycles. The molecule has 1 saturated heterocycles. The zero-order valence-corrected chi connectivity index (χ0v) is 20.4. The number of methoxy groups -OCH3 is 1. The van der Waals surface area contributed by atoms with Crippen molar-refractivity contribution in [3.8, 4) is 6.01 Å². The van der Waals surface area contributed by atoms with Crippen LogP contribution in [0, 0.1) is 0 Å². The minimum atomic E-state index is -4.55. The summed E-state index contributed by atoms with van der Waals surface area (Å²) < 4.78 is 43.6. The molecule has 2 aliphatic rings. The molecule has 0 radical (unpaired) electrons. The third kappa shape index (κ3) is 6.55. The molecule has 2 fully saturated rings. The summed E-state index contributed by atoms with van der Waals surface area (Å²) in [6, 6.07) is 4.51. The predicted octanol–water partition coefficient (Wildman–Crippen LogP) is 2.25. The first kappa shape index (κ1) is 26.8. The van der Waals surface area contributed by atoms with Crippen LogP contribution in [-0.4, -0.2) is 70.6 Å². The van der Waals surface area contributed by atoms with Crippen LogP contribution in [-0.2, 0) is 16.6 Å². The van der Waals surface area contributed by atoms with Gasteiger partial charge < -0.3 is 20.5 Å². The monoisotopic (exact) mass is 521 g/mol. The molecule has 1 atom stereocenters. The number of hydrogen-bond donors (Lipinski definition) is 3. The maximum absolute atomic E-state index is 12.9. The van der Waals surface area contributed by atoms with Gasteiger partial charge in [-0.15, -0.1) is 0 Å². The molecule has 1 aromatic carbocycles. The number of aromatic nitrogens is 2. The molecule has 4 rings (SSSR count). The summed E-state index contributed by atoms with van der Waals surface area (Å²) in [4.78, 5) is 35.1. The van der Waals surface area contributed by atoms with E-state index >= 15 is 0 Å². The van der Waals surface area contributed by atoms with Crippen molar-refractivity contribution in [1.82, 2.24) is 25.5 Å². The number of ether oxygens (including phenoxy) is 1. The summed E-state index contributed by atoms with van der Waals surface area (Å²) in [5.74, 6) is -1.14. The average Bonchev–Trinajstić information content (AvgIpc) is 3.35. The minimum Gasteiger partial charge on any atom is -0.467 e. The summed E-state index contributed by atoms with van der Waals surface area (Å²) in [7, 11) is 1.48. The molecule has 1 aromatic heterocycles. The maximum atomic E-state index is 12.9. The van der Waals surface area contributed by atoms with Crippen molar-refractivity contribution in [2.75, 3.05) is 26.7 Å². The number of halogens is 3. The van der Waals surface area contributed by atoms with Gasteiger partial charge in [0.15, 0.2) is 0 Å². The fourth-order valence-corrected chi connectivity index (χ4v) is 5.01. The highest BCUT2D eigenvalue weighted by Crippen LogP contribution is 2.39. The molecule has 2 heterocycles. The van der Waals surface area contributed by atoms with Crippen LogP contribution in [0.4, 0.5) is 13.2 Å². The molecular weight excluding hydrogens is 491 g/mol. The number of hydrogen-bond acceptors (Lipinski definition) is 7. The fourth-order valence-electron chi connectivity index (χ4n) is 5.01. The van der Waals surface area contributed by atoms with Crippen LogP contribution in [0.3, 0.4) is 0 Å². The van der Waals surface area contributed by atoms with Gasteiger partial charge in [-0.05, 0) is 50.3 Å². The lowest BCUT2D eigenvalue weighted by Gasteiger charge is -2.39. The van der Waals surface area contributed by atoms with E-state index in [2.05, 4.69) is 25.5 Å². The van der Waals surface area contributed by atoms with E-state index in [1.807, 2.05) is 0 Å². The molecule has 12 heteroatoms. The Kier molecular flexibility index (Phi) is 7.98. The van der Waals surface area contributed by atoms with E-state index in [0.717, 1.165) is 44.0 Å². The molecule has 2 amide bonds. The third-order valence-corrected chi connectivity index (χ3v) is 7.09. The smallest absolute Gasteiger partial charge is 0.416 e. The van der Waals surface area contributed by atoms with Crippen LogP contribution in [0.2, 0.25) is 0 Å². The van der Waals surface area contributed by atoms with Gasteiger partial charge in [-0.1, -0.05) is 6.07 Å². The van der Waals surface area contributed by atoms with E-state index in [0.29, 0.717) is 24.9 Å². The summed E-state index contributed by atoms with van der Waals surface area (Å²) in [6.07, 6.45) is 2.11. The van der Waals surface area contributed by atoms with Crippen LogP contribution in [0.15, 0.2) is 36.7 Å². The number of amides is 2. The van der Waals surface area contributed by atoms with E-state index in [-0.39, 0.29) is 30.2 Å². The van der Waals surface area contributed by atoms with E-state index in [1.165, 1.54) is 13.2 Å². The second-order valence-electron chi connectivity index (χ2n) is 9.53. The Bertz CT molecular complexity index is 1100. The molecule has 37 heavy (non-hydrogen) atoms. The topological polar surface area (TPSA) is 117 Å². The SMILES string of the molecule is COc1ncc(C2(O)CCC(N3CC[C@@H](NC(=O)CNC(=O)c4cccc(C(F)(F)F)c4)C3)CC2)cn1. The standard InChI is InChI=1S/C25H30F3N5O4/c1-37-23-30-12-18(13-31-23)24(36)8-5-20(6-9-24)33-10-7-19(15-33)32-21(34)14-29-22(35)16-3-2-4-17(11-16)25(26,27)28/h2-4,11-13,19-20,36H,5-10,14-15H2,1H3,(H,29,35)(H,32,34)/t19-,20?,24?/m1/s1. The zero-order chi connectivity index (χ0) is 26.6. The van der Waals surface area contributed by atoms with E-state index < -0.39 is 29.2 Å². The van der Waals surface area contributed by atoms with Gasteiger partial charge in [0.25, 0.3) is 5.91 Å². The van der Waals surface area contributed by atoms with E-state index in [4.69, 9.17) is 4.74 Å². The van der Waals surface area contributed by atoms with E-state index in [1.54, 1.807) is 12.4 Å². The number of carbonyl (C=O) groups is 2. The van der Waals surface area contributed by atoms with Crippen molar-refractivity contribution in [3.63, 3.8) is 0 Å². The van der Waals surface area contributed by atoms with Gasteiger partial charge in [0.05, 0.1) is 24.8 Å². The molecular formula is C25H30F3N5O4. The first-order valence-electron chi connectivity index (χ1n) is 12.2. The lowest BCUT2D eigenvalue weighted by atomic mass is 9.78. The van der Waals surface area contributed by atoms with Crippen LogP contribution in [0.1, 0.15) is 53.6 Å². The Morgan fingerprint density at radius 3 is 2.54 bits per heavy atom. The van der Waals surface area contributed by atoms with Gasteiger partial charge in [0.1, 0.15) is 0 Å². The molecule has 200 valence electrons. The molecule has 9 nitrogen and oxygen atoms in total. The normalized spacial score (nSPS) is 24.5. The van der Waals surface area contributed by atoms with Crippen molar-refractivity contribution in [1.29, 1.82) is 0 Å². The highest BCUT2D eigenvalue weighted by atomic mass is 19.4. The number of nitrogens with zero attached hydrogens (tertiary/aromatic N) is 3. The van der Waals surface area contributed by atoms with Crippen molar-refractivity contribution < 1.29 is 32.6 Å². The third-order valence-electron chi connectivity index (χ3n) is 7.09. The van der Waals surface area contributed by atoms with Crippen LogP contribution in [0.25, 0.3) is 0 Å². The zero-order valence-electron chi connectivity index (χ0n) is 20.4. The molecule has 0 spiro atoms. The number of rotatable bonds is 7. The summed E-state index contributed by atoms with van der Waals surface area (Å²) in [6.45, 7) is 1.13. The molecule has 1 aliphatic heterocycles. The number of nitrogens with one attached hydrogen (secondary N) is 2. The minimum absolute atomic E-state index is 0.0891. The van der Waals surface area contributed by atoms with Crippen LogP contribution in [0.5, 0.6) is 6.01 Å². The second-order valence-corrected chi connectivity index (χ2v) is 9.53. The average molecular weight is 522 g/mol. The van der Waals surface area contributed by atoms with Gasteiger partial charge in [-0.3, -0.25) is 14.5 Å². The van der Waals surface area contributed by atoms with Gasteiger partial charge in [-0.2, -0.15) is 13.2 Å². The lowest BCUT2D eigenvalue weighted by molar-refractivity contribution is -0.137. The summed E-state index contributed by atoms with van der Waals surface area (Å²) in [5, 5.41) is 16.4. The largest absolute Gasteiger partial charge is 0.467 e. The highest BCUT2D eigenvalue weighted by Gasteiger charge is 2.39. The van der Waals surface area contributed by atoms with Crippen molar-refractivity contribution >= 4 is 11.8 Å². The summed E-state index contributed by atoms with van der Waals surface area (Å²) >= 11 is 0.